The molecule has 0 radical (unpaired) electrons. The average Bonchev–Trinajstić information content (AvgIpc) is 3.03. The Bertz CT molecular complexity index is 617. The maximum Gasteiger partial charge on any atom is 0.229 e. The Hall–Kier alpha value is -1.38. The van der Waals surface area contributed by atoms with E-state index >= 15 is 0 Å². The first kappa shape index (κ1) is 14.9. The molecule has 4 saturated carbocycles. The van der Waals surface area contributed by atoms with Gasteiger partial charge in [-0.15, -0.1) is 0 Å². The lowest BCUT2D eigenvalue weighted by molar-refractivity contribution is -0.158. The minimum Gasteiger partial charge on any atom is -0.335 e. The average molecular weight is 327 g/mol. The lowest BCUT2D eigenvalue weighted by Crippen LogP contribution is -2.54. The highest BCUT2D eigenvalue weighted by Crippen LogP contribution is 2.61. The predicted molar refractivity (Wildman–Crippen MR) is 90.7 cm³/mol. The zero-order valence-electron chi connectivity index (χ0n) is 14.2. The largest absolute Gasteiger partial charge is 0.335 e. The van der Waals surface area contributed by atoms with Crippen LogP contribution in [0.15, 0.2) is 24.3 Å². The lowest BCUT2D eigenvalue weighted by atomic mass is 9.49. The number of hydrogen-bond acceptors (Lipinski definition) is 1. The van der Waals surface area contributed by atoms with Gasteiger partial charge in [-0.3, -0.25) is 4.79 Å². The van der Waals surface area contributed by atoms with E-state index in [9.17, 15) is 9.18 Å². The quantitative estimate of drug-likeness (QED) is 0.770. The first-order valence-corrected chi connectivity index (χ1v) is 9.69. The zero-order valence-corrected chi connectivity index (χ0v) is 14.2. The lowest BCUT2D eigenvalue weighted by Gasteiger charge is -2.56. The molecule has 6 rings (SSSR count). The van der Waals surface area contributed by atoms with Gasteiger partial charge in [0.1, 0.15) is 5.82 Å². The van der Waals surface area contributed by atoms with Crippen molar-refractivity contribution in [2.24, 2.45) is 23.2 Å². The predicted octanol–water partition coefficient (Wildman–Crippen LogP) is 4.71. The van der Waals surface area contributed by atoms with Gasteiger partial charge < -0.3 is 4.90 Å². The van der Waals surface area contributed by atoms with Gasteiger partial charge in [0.05, 0.1) is 11.5 Å². The smallest absolute Gasteiger partial charge is 0.229 e. The van der Waals surface area contributed by atoms with Gasteiger partial charge in [-0.1, -0.05) is 12.1 Å². The molecule has 1 atom stereocenters. The van der Waals surface area contributed by atoms with Crippen molar-refractivity contribution >= 4 is 5.91 Å². The van der Waals surface area contributed by atoms with Crippen molar-refractivity contribution in [3.63, 3.8) is 0 Å². The molecule has 0 aromatic heterocycles. The summed E-state index contributed by atoms with van der Waals surface area (Å²) in [6.45, 7) is 0.878. The summed E-state index contributed by atoms with van der Waals surface area (Å²) in [6, 6.07) is 6.95. The third-order valence-electron chi connectivity index (χ3n) is 7.26. The summed E-state index contributed by atoms with van der Waals surface area (Å²) < 4.78 is 13.3. The summed E-state index contributed by atoms with van der Waals surface area (Å²) in [7, 11) is 0. The Morgan fingerprint density at radius 3 is 2.17 bits per heavy atom. The molecule has 2 nitrogen and oxygen atoms in total. The number of halogens is 1. The van der Waals surface area contributed by atoms with Crippen LogP contribution in [-0.2, 0) is 4.79 Å². The Labute approximate surface area is 143 Å². The van der Waals surface area contributed by atoms with E-state index in [4.69, 9.17) is 0 Å². The fourth-order valence-corrected chi connectivity index (χ4v) is 6.72. The second-order valence-corrected chi connectivity index (χ2v) is 8.91. The Kier molecular flexibility index (Phi) is 3.30. The monoisotopic (exact) mass is 327 g/mol. The Morgan fingerprint density at radius 1 is 1.00 bits per heavy atom. The molecule has 1 amide bonds. The van der Waals surface area contributed by atoms with Crippen LogP contribution in [0.25, 0.3) is 0 Å². The molecule has 128 valence electrons. The van der Waals surface area contributed by atoms with Gasteiger partial charge in [-0.25, -0.2) is 4.39 Å². The molecule has 3 heteroatoms. The molecule has 1 aromatic carbocycles. The van der Waals surface area contributed by atoms with Gasteiger partial charge in [0.25, 0.3) is 0 Å². The number of nitrogens with zero attached hydrogens (tertiary/aromatic N) is 1. The summed E-state index contributed by atoms with van der Waals surface area (Å²) in [4.78, 5) is 15.8. The van der Waals surface area contributed by atoms with E-state index in [1.807, 2.05) is 12.1 Å². The van der Waals surface area contributed by atoms with Crippen LogP contribution in [0.5, 0.6) is 0 Å². The van der Waals surface area contributed by atoms with Crippen LogP contribution in [0.1, 0.15) is 63.0 Å². The molecule has 5 aliphatic rings. The van der Waals surface area contributed by atoms with E-state index in [0.717, 1.165) is 62.0 Å². The van der Waals surface area contributed by atoms with Gasteiger partial charge in [-0.05, 0) is 86.8 Å². The Morgan fingerprint density at radius 2 is 1.58 bits per heavy atom. The molecule has 4 bridgehead atoms. The standard InChI is InChI=1S/C21H26FNO/c22-18-5-3-17(4-6-18)19-2-1-7-23(19)20(24)21-11-14-8-15(12-21)10-16(9-14)13-21/h3-6,14-16,19H,1-2,7-13H2/t14?,15?,16?,19-,21?/m1/s1. The van der Waals surface area contributed by atoms with E-state index in [1.165, 1.54) is 31.4 Å². The maximum absolute atomic E-state index is 13.6. The highest BCUT2D eigenvalue weighted by molar-refractivity contribution is 5.84. The fourth-order valence-electron chi connectivity index (χ4n) is 6.72. The summed E-state index contributed by atoms with van der Waals surface area (Å²) in [5, 5.41) is 0. The van der Waals surface area contributed by atoms with E-state index in [2.05, 4.69) is 4.90 Å². The first-order valence-electron chi connectivity index (χ1n) is 9.69. The zero-order chi connectivity index (χ0) is 16.3. The summed E-state index contributed by atoms with van der Waals surface area (Å²) in [5.41, 5.74) is 1.05. The molecule has 0 spiro atoms. The van der Waals surface area contributed by atoms with Crippen LogP contribution >= 0.6 is 0 Å². The van der Waals surface area contributed by atoms with Gasteiger partial charge >= 0.3 is 0 Å². The van der Waals surface area contributed by atoms with Gasteiger partial charge in [0.15, 0.2) is 0 Å². The van der Waals surface area contributed by atoms with Crippen LogP contribution in [-0.4, -0.2) is 17.4 Å². The van der Waals surface area contributed by atoms with E-state index < -0.39 is 0 Å². The number of carbonyl (C=O) groups excluding carboxylic acids is 1. The van der Waals surface area contributed by atoms with E-state index in [-0.39, 0.29) is 17.3 Å². The molecular weight excluding hydrogens is 301 g/mol. The summed E-state index contributed by atoms with van der Waals surface area (Å²) >= 11 is 0. The van der Waals surface area contributed by atoms with E-state index in [1.54, 1.807) is 0 Å². The Balaban J connectivity index is 1.43. The third kappa shape index (κ3) is 2.23. The fraction of sp³-hybridized carbons (Fsp3) is 0.667. The molecule has 5 fully saturated rings. The van der Waals surface area contributed by atoms with Crippen LogP contribution < -0.4 is 0 Å². The highest BCUT2D eigenvalue weighted by Gasteiger charge is 2.56. The van der Waals surface area contributed by atoms with Crippen molar-refractivity contribution in [1.82, 2.24) is 4.90 Å². The SMILES string of the molecule is O=C(N1CCC[C@@H]1c1ccc(F)cc1)C12CC3CC(CC(C3)C1)C2. The number of hydrogen-bond donors (Lipinski definition) is 0. The number of rotatable bonds is 2. The van der Waals surface area contributed by atoms with Crippen LogP contribution in [0.2, 0.25) is 0 Å². The molecule has 24 heavy (non-hydrogen) atoms. The minimum atomic E-state index is -0.198. The molecule has 1 saturated heterocycles. The second kappa shape index (κ2) is 5.31. The number of likely N-dealkylation sites (tertiary alicyclic amines) is 1. The molecule has 0 unspecified atom stereocenters. The topological polar surface area (TPSA) is 20.3 Å². The van der Waals surface area contributed by atoms with Crippen LogP contribution in [0, 0.1) is 29.0 Å². The van der Waals surface area contributed by atoms with Crippen LogP contribution in [0.3, 0.4) is 0 Å². The van der Waals surface area contributed by atoms with Crippen LogP contribution in [0.4, 0.5) is 4.39 Å². The van der Waals surface area contributed by atoms with Gasteiger partial charge in [-0.2, -0.15) is 0 Å². The highest BCUT2D eigenvalue weighted by atomic mass is 19.1. The number of amides is 1. The normalized spacial score (nSPS) is 40.3. The van der Waals surface area contributed by atoms with Gasteiger partial charge in [0.2, 0.25) is 5.91 Å². The minimum absolute atomic E-state index is 0.0582. The van der Waals surface area contributed by atoms with Crippen molar-refractivity contribution in [3.8, 4) is 0 Å². The summed E-state index contributed by atoms with van der Waals surface area (Å²) in [6.07, 6.45) is 9.58. The maximum atomic E-state index is 13.6. The number of benzene rings is 1. The van der Waals surface area contributed by atoms with E-state index in [0.29, 0.717) is 5.91 Å². The molecular formula is C21H26FNO. The van der Waals surface area contributed by atoms with Crippen molar-refractivity contribution < 1.29 is 9.18 Å². The second-order valence-electron chi connectivity index (χ2n) is 8.91. The van der Waals surface area contributed by atoms with Crippen molar-refractivity contribution in [2.45, 2.75) is 57.4 Å². The first-order chi connectivity index (χ1) is 11.6. The molecule has 1 aliphatic heterocycles. The van der Waals surface area contributed by atoms with Crippen molar-refractivity contribution in [3.05, 3.63) is 35.6 Å². The summed E-state index contributed by atoms with van der Waals surface area (Å²) in [5.74, 6) is 2.62. The molecule has 1 heterocycles. The molecule has 0 N–H and O–H groups in total. The molecule has 1 aromatic rings. The molecule has 4 aliphatic carbocycles. The number of carbonyl (C=O) groups is 1. The van der Waals surface area contributed by atoms with Crippen molar-refractivity contribution in [1.29, 1.82) is 0 Å². The van der Waals surface area contributed by atoms with Gasteiger partial charge in [0, 0.05) is 6.54 Å². The third-order valence-corrected chi connectivity index (χ3v) is 7.26. The van der Waals surface area contributed by atoms with Crippen molar-refractivity contribution in [2.75, 3.05) is 6.54 Å².